The minimum atomic E-state index is 0.464. The zero-order valence-electron chi connectivity index (χ0n) is 13.1. The van der Waals surface area contributed by atoms with Crippen molar-refractivity contribution in [2.24, 2.45) is 0 Å². The highest BCUT2D eigenvalue weighted by molar-refractivity contribution is 8.00. The van der Waals surface area contributed by atoms with Crippen molar-refractivity contribution >= 4 is 51.2 Å². The molecule has 1 saturated carbocycles. The first-order valence-electron chi connectivity index (χ1n) is 7.79. The molecular weight excluding hydrogens is 396 g/mol. The quantitative estimate of drug-likeness (QED) is 0.521. The Bertz CT molecular complexity index is 832. The second kappa shape index (κ2) is 7.90. The average molecular weight is 411 g/mol. The van der Waals surface area contributed by atoms with Crippen LogP contribution in [0.1, 0.15) is 23.5 Å². The molecule has 2 heterocycles. The van der Waals surface area contributed by atoms with Crippen LogP contribution in [0.15, 0.2) is 34.0 Å². The minimum Gasteiger partial charge on any atom is -0.486 e. The number of thiazole rings is 1. The summed E-state index contributed by atoms with van der Waals surface area (Å²) < 4.78 is 6.69. The van der Waals surface area contributed by atoms with Gasteiger partial charge in [0.25, 0.3) is 0 Å². The van der Waals surface area contributed by atoms with Gasteiger partial charge in [0.15, 0.2) is 4.34 Å². The summed E-state index contributed by atoms with van der Waals surface area (Å²) in [4.78, 5) is 4.61. The fraction of sp³-hybridized carbons (Fsp3) is 0.312. The zero-order chi connectivity index (χ0) is 17.1. The van der Waals surface area contributed by atoms with Crippen LogP contribution >= 0.6 is 46.0 Å². The highest BCUT2D eigenvalue weighted by atomic mass is 35.5. The maximum absolute atomic E-state index is 5.87. The predicted octanol–water partition coefficient (Wildman–Crippen LogP) is 5.09. The molecule has 4 rings (SSSR count). The van der Waals surface area contributed by atoms with Crippen LogP contribution in [0.3, 0.4) is 0 Å². The fourth-order valence-electron chi connectivity index (χ4n) is 2.02. The summed E-state index contributed by atoms with van der Waals surface area (Å²) in [6, 6.07) is 7.95. The molecule has 0 aliphatic heterocycles. The predicted molar refractivity (Wildman–Crippen MR) is 104 cm³/mol. The van der Waals surface area contributed by atoms with Gasteiger partial charge in [-0.1, -0.05) is 34.7 Å². The molecule has 1 fully saturated rings. The van der Waals surface area contributed by atoms with E-state index >= 15 is 0 Å². The Kier molecular flexibility index (Phi) is 5.40. The van der Waals surface area contributed by atoms with Crippen LogP contribution < -0.4 is 10.1 Å². The fourth-order valence-corrected chi connectivity index (χ4v) is 4.68. The number of aromatic nitrogens is 3. The SMILES string of the molecule is Clc1ccc(OCc2nc(CSc3nnc(NC4CC4)s3)cs2)cc1. The standard InChI is InChI=1S/C16H15ClN4OS3/c17-10-1-5-13(6-2-10)22-7-14-18-12(8-23-14)9-24-16-21-20-15(25-16)19-11-3-4-11/h1-2,5-6,8,11H,3-4,7,9H2,(H,19,20). The summed E-state index contributed by atoms with van der Waals surface area (Å²) in [5.74, 6) is 1.58. The molecule has 0 amide bonds. The first kappa shape index (κ1) is 17.1. The number of nitrogens with zero attached hydrogens (tertiary/aromatic N) is 3. The van der Waals surface area contributed by atoms with Crippen molar-refractivity contribution < 1.29 is 4.74 Å². The van der Waals surface area contributed by atoms with Crippen LogP contribution in [-0.2, 0) is 12.4 Å². The number of halogens is 1. The molecule has 0 spiro atoms. The molecule has 25 heavy (non-hydrogen) atoms. The van der Waals surface area contributed by atoms with Crippen molar-refractivity contribution in [1.82, 2.24) is 15.2 Å². The molecule has 0 radical (unpaired) electrons. The first-order valence-corrected chi connectivity index (χ1v) is 10.8. The van der Waals surface area contributed by atoms with Crippen molar-refractivity contribution in [2.45, 2.75) is 35.6 Å². The van der Waals surface area contributed by atoms with Crippen molar-refractivity contribution in [3.8, 4) is 5.75 Å². The van der Waals surface area contributed by atoms with Crippen LogP contribution in [0, 0.1) is 0 Å². The smallest absolute Gasteiger partial charge is 0.206 e. The topological polar surface area (TPSA) is 59.9 Å². The number of hydrogen-bond acceptors (Lipinski definition) is 8. The van der Waals surface area contributed by atoms with Crippen molar-refractivity contribution in [3.63, 3.8) is 0 Å². The highest BCUT2D eigenvalue weighted by Crippen LogP contribution is 2.31. The van der Waals surface area contributed by atoms with Crippen LogP contribution in [-0.4, -0.2) is 21.2 Å². The monoisotopic (exact) mass is 410 g/mol. The Hall–Kier alpha value is -1.35. The number of hydrogen-bond donors (Lipinski definition) is 1. The molecule has 0 unspecified atom stereocenters. The average Bonchev–Trinajstić information content (AvgIpc) is 3.13. The number of anilines is 1. The number of ether oxygens (including phenoxy) is 1. The third-order valence-corrected chi connectivity index (χ3v) is 6.57. The third kappa shape index (κ3) is 5.07. The van der Waals surface area contributed by atoms with E-state index < -0.39 is 0 Å². The van der Waals surface area contributed by atoms with Gasteiger partial charge in [0.05, 0.1) is 5.69 Å². The van der Waals surface area contributed by atoms with Gasteiger partial charge in [-0.2, -0.15) is 0 Å². The van der Waals surface area contributed by atoms with Crippen molar-refractivity contribution in [3.05, 3.63) is 45.4 Å². The van der Waals surface area contributed by atoms with Gasteiger partial charge in [0.2, 0.25) is 5.13 Å². The Morgan fingerprint density at radius 2 is 2.08 bits per heavy atom. The van der Waals surface area contributed by atoms with Gasteiger partial charge in [-0.25, -0.2) is 4.98 Å². The normalized spacial score (nSPS) is 13.8. The molecule has 3 aromatic rings. The second-order valence-electron chi connectivity index (χ2n) is 5.56. The molecular formula is C16H15ClN4OS3. The van der Waals surface area contributed by atoms with E-state index in [1.54, 1.807) is 34.4 Å². The van der Waals surface area contributed by atoms with Crippen molar-refractivity contribution in [2.75, 3.05) is 5.32 Å². The highest BCUT2D eigenvalue weighted by Gasteiger charge is 2.22. The number of benzene rings is 1. The lowest BCUT2D eigenvalue weighted by Crippen LogP contribution is -1.99. The minimum absolute atomic E-state index is 0.464. The van der Waals surface area contributed by atoms with Gasteiger partial charge in [0, 0.05) is 22.2 Å². The molecule has 1 aliphatic rings. The number of thioether (sulfide) groups is 1. The maximum atomic E-state index is 5.87. The summed E-state index contributed by atoms with van der Waals surface area (Å²) in [5.41, 5.74) is 1.04. The summed E-state index contributed by atoms with van der Waals surface area (Å²) in [6.07, 6.45) is 2.48. The van der Waals surface area contributed by atoms with E-state index in [-0.39, 0.29) is 0 Å². The number of nitrogens with one attached hydrogen (secondary N) is 1. The van der Waals surface area contributed by atoms with E-state index in [2.05, 4.69) is 25.9 Å². The van der Waals surface area contributed by atoms with E-state index in [0.29, 0.717) is 17.7 Å². The van der Waals surface area contributed by atoms with E-state index in [1.807, 2.05) is 24.3 Å². The van der Waals surface area contributed by atoms with E-state index in [1.165, 1.54) is 12.8 Å². The Morgan fingerprint density at radius 3 is 2.88 bits per heavy atom. The lowest BCUT2D eigenvalue weighted by atomic mass is 10.3. The van der Waals surface area contributed by atoms with Gasteiger partial charge in [-0.05, 0) is 37.1 Å². The van der Waals surface area contributed by atoms with Crippen molar-refractivity contribution in [1.29, 1.82) is 0 Å². The Balaban J connectivity index is 1.26. The molecule has 0 bridgehead atoms. The van der Waals surface area contributed by atoms with E-state index in [4.69, 9.17) is 16.3 Å². The second-order valence-corrected chi connectivity index (χ2v) is 9.13. The maximum Gasteiger partial charge on any atom is 0.206 e. The van der Waals surface area contributed by atoms with Gasteiger partial charge in [-0.3, -0.25) is 0 Å². The summed E-state index contributed by atoms with van der Waals surface area (Å²) in [5, 5.41) is 16.4. The third-order valence-electron chi connectivity index (χ3n) is 3.43. The first-order chi connectivity index (χ1) is 12.2. The zero-order valence-corrected chi connectivity index (χ0v) is 16.4. The Labute approximate surface area is 162 Å². The molecule has 130 valence electrons. The lowest BCUT2D eigenvalue weighted by molar-refractivity contribution is 0.305. The lowest BCUT2D eigenvalue weighted by Gasteiger charge is -2.03. The molecule has 1 N–H and O–H groups in total. The van der Waals surface area contributed by atoms with Gasteiger partial charge < -0.3 is 10.1 Å². The van der Waals surface area contributed by atoms with Crippen LogP contribution in [0.25, 0.3) is 0 Å². The van der Waals surface area contributed by atoms with Crippen LogP contribution in [0.4, 0.5) is 5.13 Å². The number of rotatable bonds is 8. The molecule has 9 heteroatoms. The van der Waals surface area contributed by atoms with E-state index in [0.717, 1.165) is 31.7 Å². The molecule has 2 aromatic heterocycles. The molecule has 0 atom stereocenters. The van der Waals surface area contributed by atoms with Crippen LogP contribution in [0.2, 0.25) is 5.02 Å². The summed E-state index contributed by atoms with van der Waals surface area (Å²) >= 11 is 10.7. The molecule has 1 aliphatic carbocycles. The van der Waals surface area contributed by atoms with Gasteiger partial charge >= 0.3 is 0 Å². The Morgan fingerprint density at radius 1 is 1.24 bits per heavy atom. The molecule has 0 saturated heterocycles. The summed E-state index contributed by atoms with van der Waals surface area (Å²) in [6.45, 7) is 0.464. The van der Waals surface area contributed by atoms with Crippen LogP contribution in [0.5, 0.6) is 5.75 Å². The molecule has 5 nitrogen and oxygen atoms in total. The molecule has 1 aromatic carbocycles. The van der Waals surface area contributed by atoms with Gasteiger partial charge in [-0.15, -0.1) is 21.5 Å². The largest absolute Gasteiger partial charge is 0.486 e. The summed E-state index contributed by atoms with van der Waals surface area (Å²) in [7, 11) is 0. The van der Waals surface area contributed by atoms with Gasteiger partial charge in [0.1, 0.15) is 17.4 Å². The van der Waals surface area contributed by atoms with E-state index in [9.17, 15) is 0 Å².